The molecule has 1 N–H and O–H groups in total. The zero-order valence-corrected chi connectivity index (χ0v) is 15.6. The van der Waals surface area contributed by atoms with Crippen LogP contribution in [0.25, 0.3) is 0 Å². The first-order chi connectivity index (χ1) is 12.6. The zero-order chi connectivity index (χ0) is 18.4. The number of carbonyl (C=O) groups is 2. The molecule has 144 valence electrons. The van der Waals surface area contributed by atoms with E-state index in [0.717, 1.165) is 38.5 Å². The Kier molecular flexibility index (Phi) is 7.07. The number of carboxylic acids is 1. The lowest BCUT2D eigenvalue weighted by molar-refractivity contribution is -0.137. The van der Waals surface area contributed by atoms with Gasteiger partial charge in [-0.05, 0) is 56.9 Å². The lowest BCUT2D eigenvalue weighted by Crippen LogP contribution is -2.25. The van der Waals surface area contributed by atoms with E-state index in [1.54, 1.807) is 0 Å². The van der Waals surface area contributed by atoms with Gasteiger partial charge in [-0.25, -0.2) is 0 Å². The molecule has 4 nitrogen and oxygen atoms in total. The number of unbranched alkanes of at least 4 members (excludes halogenated alkanes) is 1. The van der Waals surface area contributed by atoms with Crippen LogP contribution in [0.1, 0.15) is 70.6 Å². The highest BCUT2D eigenvalue weighted by Crippen LogP contribution is 2.46. The quantitative estimate of drug-likeness (QED) is 0.368. The van der Waals surface area contributed by atoms with Gasteiger partial charge in [0.05, 0.1) is 12.2 Å². The molecule has 0 aromatic heterocycles. The highest BCUT2D eigenvalue weighted by Gasteiger charge is 2.46. The van der Waals surface area contributed by atoms with Crippen LogP contribution in [0.15, 0.2) is 24.3 Å². The minimum atomic E-state index is -0.729. The van der Waals surface area contributed by atoms with Crippen molar-refractivity contribution >= 4 is 11.8 Å². The van der Waals surface area contributed by atoms with E-state index in [1.165, 1.54) is 19.3 Å². The standard InChI is InChI=1S/C22H32O4/c23-19(16-8-4-3-5-9-16)13-12-18-17(20-14-15-21(18)26-20)10-6-1-2-7-11-22(24)25/h1,6,12-13,16-18,20-21H,2-5,7-11,14-15H2,(H,24,25)/t17-,18-,20+,21-/m0/s1. The van der Waals surface area contributed by atoms with Crippen LogP contribution < -0.4 is 0 Å². The largest absolute Gasteiger partial charge is 0.481 e. The first kappa shape index (κ1) is 19.3. The Morgan fingerprint density at radius 2 is 1.77 bits per heavy atom. The molecule has 3 aliphatic rings. The second kappa shape index (κ2) is 9.50. The van der Waals surface area contributed by atoms with E-state index in [4.69, 9.17) is 9.84 Å². The van der Waals surface area contributed by atoms with Crippen molar-refractivity contribution < 1.29 is 19.4 Å². The lowest BCUT2D eigenvalue weighted by Gasteiger charge is -2.25. The summed E-state index contributed by atoms with van der Waals surface area (Å²) in [6.07, 6.45) is 19.6. The first-order valence-electron chi connectivity index (χ1n) is 10.4. The zero-order valence-electron chi connectivity index (χ0n) is 15.6. The second-order valence-corrected chi connectivity index (χ2v) is 8.12. The molecule has 1 aliphatic carbocycles. The van der Waals surface area contributed by atoms with Gasteiger partial charge >= 0.3 is 5.97 Å². The van der Waals surface area contributed by atoms with E-state index < -0.39 is 5.97 Å². The Balaban J connectivity index is 1.50. The van der Waals surface area contributed by atoms with Gasteiger partial charge in [0.15, 0.2) is 5.78 Å². The Morgan fingerprint density at radius 3 is 2.54 bits per heavy atom. The molecule has 2 bridgehead atoms. The van der Waals surface area contributed by atoms with E-state index in [0.29, 0.717) is 30.1 Å². The number of ether oxygens (including phenoxy) is 1. The maximum atomic E-state index is 12.5. The van der Waals surface area contributed by atoms with Crippen molar-refractivity contribution in [3.63, 3.8) is 0 Å². The first-order valence-corrected chi connectivity index (χ1v) is 10.4. The van der Waals surface area contributed by atoms with Gasteiger partial charge in [0.1, 0.15) is 0 Å². The minimum Gasteiger partial charge on any atom is -0.481 e. The normalized spacial score (nSPS) is 32.0. The molecule has 3 rings (SSSR count). The van der Waals surface area contributed by atoms with E-state index in [-0.39, 0.29) is 18.4 Å². The van der Waals surface area contributed by atoms with Crippen LogP contribution in [0.3, 0.4) is 0 Å². The molecule has 26 heavy (non-hydrogen) atoms. The smallest absolute Gasteiger partial charge is 0.303 e. The van der Waals surface area contributed by atoms with Gasteiger partial charge in [0, 0.05) is 18.3 Å². The Bertz CT molecular complexity index is 544. The number of hydrogen-bond acceptors (Lipinski definition) is 3. The molecule has 0 radical (unpaired) electrons. The summed E-state index contributed by atoms with van der Waals surface area (Å²) < 4.78 is 6.11. The fourth-order valence-corrected chi connectivity index (χ4v) is 4.86. The predicted molar refractivity (Wildman–Crippen MR) is 101 cm³/mol. The molecule has 2 saturated heterocycles. The van der Waals surface area contributed by atoms with E-state index in [9.17, 15) is 9.59 Å². The average Bonchev–Trinajstić information content (AvgIpc) is 3.24. The molecule has 0 spiro atoms. The van der Waals surface area contributed by atoms with E-state index >= 15 is 0 Å². The van der Waals surface area contributed by atoms with Gasteiger partial charge in [-0.2, -0.15) is 0 Å². The number of allylic oxidation sites excluding steroid dienone is 3. The summed E-state index contributed by atoms with van der Waals surface area (Å²) in [6.45, 7) is 0. The van der Waals surface area contributed by atoms with Gasteiger partial charge < -0.3 is 9.84 Å². The fourth-order valence-electron chi connectivity index (χ4n) is 4.86. The number of rotatable bonds is 9. The summed E-state index contributed by atoms with van der Waals surface area (Å²) in [4.78, 5) is 23.0. The highest BCUT2D eigenvalue weighted by molar-refractivity contribution is 5.91. The van der Waals surface area contributed by atoms with Crippen molar-refractivity contribution in [3.8, 4) is 0 Å². The Labute approximate surface area is 156 Å². The van der Waals surface area contributed by atoms with E-state index in [1.807, 2.05) is 6.08 Å². The SMILES string of the molecule is O=C(O)CCCC=CC[C@H]1[C@H](C=CC(=O)C2CCCCC2)[C@@H]2CC[C@H]1O2. The third-order valence-corrected chi connectivity index (χ3v) is 6.31. The minimum absolute atomic E-state index is 0.232. The van der Waals surface area contributed by atoms with Crippen LogP contribution in [-0.4, -0.2) is 29.1 Å². The maximum Gasteiger partial charge on any atom is 0.303 e. The van der Waals surface area contributed by atoms with Crippen LogP contribution in [0.4, 0.5) is 0 Å². The van der Waals surface area contributed by atoms with E-state index in [2.05, 4.69) is 18.2 Å². The summed E-state index contributed by atoms with van der Waals surface area (Å²) in [5, 5.41) is 8.67. The molecule has 3 fully saturated rings. The predicted octanol–water partition coefficient (Wildman–Crippen LogP) is 4.69. The molecule has 4 atom stereocenters. The van der Waals surface area contributed by atoms with Crippen LogP contribution in [-0.2, 0) is 14.3 Å². The number of aliphatic carboxylic acids is 1. The number of fused-ring (bicyclic) bond motifs is 2. The maximum absolute atomic E-state index is 12.5. The average molecular weight is 360 g/mol. The van der Waals surface area contributed by atoms with Crippen molar-refractivity contribution in [2.24, 2.45) is 17.8 Å². The van der Waals surface area contributed by atoms with Crippen LogP contribution in [0.2, 0.25) is 0 Å². The Hall–Kier alpha value is -1.42. The third kappa shape index (κ3) is 5.06. The summed E-state index contributed by atoms with van der Waals surface area (Å²) in [6, 6.07) is 0. The number of hydrogen-bond donors (Lipinski definition) is 1. The molecule has 0 unspecified atom stereocenters. The molecule has 0 aromatic rings. The molecule has 2 heterocycles. The van der Waals surface area contributed by atoms with Crippen molar-refractivity contribution in [1.29, 1.82) is 0 Å². The molecular weight excluding hydrogens is 328 g/mol. The number of ketones is 1. The molecule has 0 amide bonds. The molecule has 2 aliphatic heterocycles. The second-order valence-electron chi connectivity index (χ2n) is 8.12. The van der Waals surface area contributed by atoms with Crippen LogP contribution in [0, 0.1) is 17.8 Å². The fraction of sp³-hybridized carbons (Fsp3) is 0.727. The molecular formula is C22H32O4. The van der Waals surface area contributed by atoms with Crippen molar-refractivity contribution in [3.05, 3.63) is 24.3 Å². The lowest BCUT2D eigenvalue weighted by atomic mass is 9.76. The summed E-state index contributed by atoms with van der Waals surface area (Å²) >= 11 is 0. The molecule has 0 aromatic carbocycles. The van der Waals surface area contributed by atoms with Gasteiger partial charge in [0.25, 0.3) is 0 Å². The topological polar surface area (TPSA) is 63.6 Å². The van der Waals surface area contributed by atoms with Crippen LogP contribution >= 0.6 is 0 Å². The molecule has 4 heteroatoms. The van der Waals surface area contributed by atoms with Crippen molar-refractivity contribution in [2.75, 3.05) is 0 Å². The van der Waals surface area contributed by atoms with Gasteiger partial charge in [-0.3, -0.25) is 9.59 Å². The Morgan fingerprint density at radius 1 is 1.00 bits per heavy atom. The number of carbonyl (C=O) groups excluding carboxylic acids is 1. The van der Waals surface area contributed by atoms with Crippen LogP contribution in [0.5, 0.6) is 0 Å². The van der Waals surface area contributed by atoms with Gasteiger partial charge in [-0.1, -0.05) is 37.5 Å². The summed E-state index contributed by atoms with van der Waals surface area (Å²) in [5.41, 5.74) is 0. The third-order valence-electron chi connectivity index (χ3n) is 6.31. The number of carboxylic acid groups (broad SMARTS) is 1. The monoisotopic (exact) mass is 360 g/mol. The van der Waals surface area contributed by atoms with Crippen molar-refractivity contribution in [2.45, 2.75) is 82.8 Å². The summed E-state index contributed by atoms with van der Waals surface area (Å²) in [5.74, 6) is 0.639. The highest BCUT2D eigenvalue weighted by atomic mass is 16.5. The summed E-state index contributed by atoms with van der Waals surface area (Å²) in [7, 11) is 0. The van der Waals surface area contributed by atoms with Gasteiger partial charge in [-0.15, -0.1) is 0 Å². The molecule has 1 saturated carbocycles. The van der Waals surface area contributed by atoms with Gasteiger partial charge in [0.2, 0.25) is 0 Å². The van der Waals surface area contributed by atoms with Crippen molar-refractivity contribution in [1.82, 2.24) is 0 Å².